The van der Waals surface area contributed by atoms with Crippen LogP contribution in [0.25, 0.3) is 5.57 Å². The molecule has 0 radical (unpaired) electrons. The van der Waals surface area contributed by atoms with Crippen LogP contribution < -0.4 is 0 Å². The molecule has 0 bridgehead atoms. The minimum atomic E-state index is -2.85. The van der Waals surface area contributed by atoms with Crippen LogP contribution in [0.3, 0.4) is 0 Å². The molecule has 0 aliphatic rings. The van der Waals surface area contributed by atoms with Gasteiger partial charge in [-0.2, -0.15) is 0 Å². The molecule has 1 nitrogen and oxygen atoms in total. The lowest BCUT2D eigenvalue weighted by molar-refractivity contribution is 0.0243. The van der Waals surface area contributed by atoms with Gasteiger partial charge in [0.2, 0.25) is 0 Å². The van der Waals surface area contributed by atoms with Crippen molar-refractivity contribution in [2.24, 2.45) is 0 Å². The molecule has 0 aliphatic heterocycles. The van der Waals surface area contributed by atoms with Gasteiger partial charge in [0, 0.05) is 5.56 Å². The summed E-state index contributed by atoms with van der Waals surface area (Å²) in [7, 11) is 0. The summed E-state index contributed by atoms with van der Waals surface area (Å²) in [6.07, 6.45) is -3.76. The molecule has 1 unspecified atom stereocenters. The molecule has 1 aromatic carbocycles. The van der Waals surface area contributed by atoms with Crippen molar-refractivity contribution in [1.82, 2.24) is 0 Å². The first kappa shape index (κ1) is 11.8. The van der Waals surface area contributed by atoms with Gasteiger partial charge in [0.15, 0.2) is 0 Å². The van der Waals surface area contributed by atoms with Crippen molar-refractivity contribution < 1.29 is 18.3 Å². The van der Waals surface area contributed by atoms with E-state index >= 15 is 0 Å². The number of aliphatic hydroxyl groups excluding tert-OH is 1. The zero-order valence-electron chi connectivity index (χ0n) is 8.12. The van der Waals surface area contributed by atoms with Gasteiger partial charge < -0.3 is 5.11 Å². The quantitative estimate of drug-likeness (QED) is 0.823. The Morgan fingerprint density at radius 3 is 2.47 bits per heavy atom. The van der Waals surface area contributed by atoms with Crippen LogP contribution in [0.15, 0.2) is 30.3 Å². The van der Waals surface area contributed by atoms with E-state index < -0.39 is 18.3 Å². The maximum atomic E-state index is 13.2. The summed E-state index contributed by atoms with van der Waals surface area (Å²) in [5.74, 6) is -0.493. The number of hydrogen-bond donors (Lipinski definition) is 1. The summed E-state index contributed by atoms with van der Waals surface area (Å²) >= 11 is 0. The molecular weight excluding hydrogens is 205 g/mol. The first-order chi connectivity index (χ1) is 7.02. The Morgan fingerprint density at radius 1 is 1.33 bits per heavy atom. The van der Waals surface area contributed by atoms with Gasteiger partial charge in [-0.25, -0.2) is 13.2 Å². The van der Waals surface area contributed by atoms with Crippen molar-refractivity contribution in [3.8, 4) is 0 Å². The molecule has 1 rings (SSSR count). The van der Waals surface area contributed by atoms with E-state index in [4.69, 9.17) is 5.11 Å². The smallest absolute Gasteiger partial charge is 0.267 e. The summed E-state index contributed by atoms with van der Waals surface area (Å²) in [5.41, 5.74) is 0.512. The standard InChI is InChI=1S/C11H11F3O/c1-7(6-10(15)11(13)14)8-4-2-3-5-9(8)12/h2-6,10-11,15H,1H3/b7-6+. The zero-order valence-corrected chi connectivity index (χ0v) is 8.12. The number of halogens is 3. The molecule has 82 valence electrons. The van der Waals surface area contributed by atoms with Gasteiger partial charge in [-0.05, 0) is 24.6 Å². The van der Waals surface area contributed by atoms with E-state index in [-0.39, 0.29) is 5.56 Å². The van der Waals surface area contributed by atoms with E-state index in [1.54, 1.807) is 6.07 Å². The number of hydrogen-bond acceptors (Lipinski definition) is 1. The Balaban J connectivity index is 2.94. The van der Waals surface area contributed by atoms with Gasteiger partial charge in [-0.1, -0.05) is 18.2 Å². The van der Waals surface area contributed by atoms with Crippen LogP contribution in [0.2, 0.25) is 0 Å². The predicted octanol–water partition coefficient (Wildman–Crippen LogP) is 2.86. The minimum Gasteiger partial charge on any atom is -0.383 e. The number of alkyl halides is 2. The fourth-order valence-electron chi connectivity index (χ4n) is 1.20. The van der Waals surface area contributed by atoms with Gasteiger partial charge >= 0.3 is 0 Å². The van der Waals surface area contributed by atoms with Crippen LogP contribution in [0.1, 0.15) is 12.5 Å². The molecule has 1 N–H and O–H groups in total. The van der Waals surface area contributed by atoms with Crippen LogP contribution in [0.4, 0.5) is 13.2 Å². The summed E-state index contributed by atoms with van der Waals surface area (Å²) in [6, 6.07) is 5.82. The fraction of sp³-hybridized carbons (Fsp3) is 0.273. The van der Waals surface area contributed by atoms with E-state index in [1.165, 1.54) is 25.1 Å². The Labute approximate surface area is 85.9 Å². The van der Waals surface area contributed by atoms with Crippen LogP contribution in [0.5, 0.6) is 0 Å². The third kappa shape index (κ3) is 3.09. The van der Waals surface area contributed by atoms with Gasteiger partial charge in [-0.3, -0.25) is 0 Å². The van der Waals surface area contributed by atoms with E-state index in [0.717, 1.165) is 6.08 Å². The third-order valence-electron chi connectivity index (χ3n) is 1.98. The number of benzene rings is 1. The Bertz CT molecular complexity index is 361. The van der Waals surface area contributed by atoms with Crippen molar-refractivity contribution in [3.05, 3.63) is 41.7 Å². The molecule has 0 saturated heterocycles. The normalized spacial score (nSPS) is 14.4. The first-order valence-corrected chi connectivity index (χ1v) is 4.42. The lowest BCUT2D eigenvalue weighted by Gasteiger charge is -2.07. The average molecular weight is 216 g/mol. The van der Waals surface area contributed by atoms with Crippen LogP contribution >= 0.6 is 0 Å². The Morgan fingerprint density at radius 2 is 1.93 bits per heavy atom. The molecule has 4 heteroatoms. The van der Waals surface area contributed by atoms with E-state index in [9.17, 15) is 13.2 Å². The molecule has 1 atom stereocenters. The largest absolute Gasteiger partial charge is 0.383 e. The van der Waals surface area contributed by atoms with Crippen LogP contribution in [-0.2, 0) is 0 Å². The highest BCUT2D eigenvalue weighted by Gasteiger charge is 2.14. The maximum Gasteiger partial charge on any atom is 0.267 e. The van der Waals surface area contributed by atoms with Crippen LogP contribution in [-0.4, -0.2) is 17.6 Å². The molecule has 0 spiro atoms. The molecule has 0 fully saturated rings. The van der Waals surface area contributed by atoms with Crippen molar-refractivity contribution in [3.63, 3.8) is 0 Å². The number of allylic oxidation sites excluding steroid dienone is 1. The highest BCUT2D eigenvalue weighted by molar-refractivity contribution is 5.64. The van der Waals surface area contributed by atoms with E-state index in [2.05, 4.69) is 0 Å². The average Bonchev–Trinajstić information content (AvgIpc) is 2.18. The summed E-state index contributed by atoms with van der Waals surface area (Å²) in [5, 5.41) is 8.90. The second-order valence-electron chi connectivity index (χ2n) is 3.15. The topological polar surface area (TPSA) is 20.2 Å². The third-order valence-corrected chi connectivity index (χ3v) is 1.98. The molecule has 0 saturated carbocycles. The van der Waals surface area contributed by atoms with E-state index in [0.29, 0.717) is 5.57 Å². The molecular formula is C11H11F3O. The zero-order chi connectivity index (χ0) is 11.4. The van der Waals surface area contributed by atoms with Crippen molar-refractivity contribution in [1.29, 1.82) is 0 Å². The van der Waals surface area contributed by atoms with E-state index in [1.807, 2.05) is 0 Å². The monoisotopic (exact) mass is 216 g/mol. The summed E-state index contributed by atoms with van der Waals surface area (Å²) < 4.78 is 37.2. The van der Waals surface area contributed by atoms with Crippen molar-refractivity contribution >= 4 is 5.57 Å². The van der Waals surface area contributed by atoms with Gasteiger partial charge in [0.05, 0.1) is 0 Å². The van der Waals surface area contributed by atoms with Crippen molar-refractivity contribution in [2.75, 3.05) is 0 Å². The first-order valence-electron chi connectivity index (χ1n) is 4.42. The molecule has 0 aliphatic carbocycles. The van der Waals surface area contributed by atoms with Gasteiger partial charge in [-0.15, -0.1) is 0 Å². The summed E-state index contributed by atoms with van der Waals surface area (Å²) in [4.78, 5) is 0. The fourth-order valence-corrected chi connectivity index (χ4v) is 1.20. The Kier molecular flexibility index (Phi) is 3.91. The Hall–Kier alpha value is -1.29. The SMILES string of the molecule is C/C(=C\C(O)C(F)F)c1ccccc1F. The molecule has 1 aromatic rings. The molecule has 15 heavy (non-hydrogen) atoms. The molecule has 0 amide bonds. The lowest BCUT2D eigenvalue weighted by atomic mass is 10.1. The second kappa shape index (κ2) is 4.98. The van der Waals surface area contributed by atoms with Crippen molar-refractivity contribution in [2.45, 2.75) is 19.5 Å². The lowest BCUT2D eigenvalue weighted by Crippen LogP contribution is -2.14. The molecule has 0 heterocycles. The highest BCUT2D eigenvalue weighted by Crippen LogP contribution is 2.19. The molecule has 0 aromatic heterocycles. The van der Waals surface area contributed by atoms with Crippen LogP contribution in [0, 0.1) is 5.82 Å². The highest BCUT2D eigenvalue weighted by atomic mass is 19.3. The minimum absolute atomic E-state index is 0.220. The summed E-state index contributed by atoms with van der Waals surface area (Å²) in [6.45, 7) is 1.48. The number of rotatable bonds is 3. The van der Waals surface area contributed by atoms with Gasteiger partial charge in [0.25, 0.3) is 6.43 Å². The maximum absolute atomic E-state index is 13.2. The number of aliphatic hydroxyl groups is 1. The second-order valence-corrected chi connectivity index (χ2v) is 3.15. The van der Waals surface area contributed by atoms with Gasteiger partial charge in [0.1, 0.15) is 11.9 Å². The predicted molar refractivity (Wildman–Crippen MR) is 52.1 cm³/mol.